The Balaban J connectivity index is 1.64. The molecule has 2 amide bonds. The summed E-state index contributed by atoms with van der Waals surface area (Å²) in [6, 6.07) is 8.72. The first-order valence-electron chi connectivity index (χ1n) is 10.3. The minimum Gasteiger partial charge on any atom is -0.494 e. The summed E-state index contributed by atoms with van der Waals surface area (Å²) in [7, 11) is 1.51. The number of ether oxygens (including phenoxy) is 4. The third-order valence-corrected chi connectivity index (χ3v) is 4.75. The fourth-order valence-corrected chi connectivity index (χ4v) is 3.37. The van der Waals surface area contributed by atoms with E-state index in [0.29, 0.717) is 36.1 Å². The van der Waals surface area contributed by atoms with Gasteiger partial charge < -0.3 is 29.6 Å². The van der Waals surface area contributed by atoms with E-state index in [-0.39, 0.29) is 12.6 Å². The lowest BCUT2D eigenvalue weighted by atomic mass is 10.1. The fourth-order valence-electron chi connectivity index (χ4n) is 3.37. The van der Waals surface area contributed by atoms with Crippen LogP contribution in [0.2, 0.25) is 0 Å². The zero-order chi connectivity index (χ0) is 22.4. The predicted molar refractivity (Wildman–Crippen MR) is 116 cm³/mol. The van der Waals surface area contributed by atoms with Crippen molar-refractivity contribution in [1.29, 1.82) is 0 Å². The summed E-state index contributed by atoms with van der Waals surface area (Å²) in [5.41, 5.74) is 2.25. The van der Waals surface area contributed by atoms with Crippen molar-refractivity contribution in [3.8, 4) is 23.0 Å². The molecule has 0 saturated carbocycles. The van der Waals surface area contributed by atoms with Gasteiger partial charge in [-0.05, 0) is 45.0 Å². The largest absolute Gasteiger partial charge is 0.494 e. The summed E-state index contributed by atoms with van der Waals surface area (Å²) in [6.45, 7) is 6.88. The number of methoxy groups -OCH3 is 1. The van der Waals surface area contributed by atoms with Crippen LogP contribution in [0.5, 0.6) is 23.0 Å². The summed E-state index contributed by atoms with van der Waals surface area (Å²) in [4.78, 5) is 24.7. The van der Waals surface area contributed by atoms with Crippen molar-refractivity contribution >= 4 is 17.5 Å². The van der Waals surface area contributed by atoms with Gasteiger partial charge in [-0.3, -0.25) is 9.59 Å². The molecule has 0 radical (unpaired) electrons. The highest BCUT2D eigenvalue weighted by Gasteiger charge is 2.23. The first-order valence-corrected chi connectivity index (χ1v) is 10.3. The van der Waals surface area contributed by atoms with Gasteiger partial charge in [0, 0.05) is 35.8 Å². The number of carbonyl (C=O) groups is 2. The monoisotopic (exact) mass is 428 g/mol. The molecule has 2 N–H and O–H groups in total. The van der Waals surface area contributed by atoms with Crippen LogP contribution in [0, 0.1) is 0 Å². The van der Waals surface area contributed by atoms with Gasteiger partial charge >= 0.3 is 11.8 Å². The molecule has 31 heavy (non-hydrogen) atoms. The van der Waals surface area contributed by atoms with Crippen molar-refractivity contribution in [3.63, 3.8) is 0 Å². The van der Waals surface area contributed by atoms with E-state index in [9.17, 15) is 9.59 Å². The first-order chi connectivity index (χ1) is 14.9. The number of benzene rings is 2. The number of fused-ring (bicyclic) bond motifs is 1. The standard InChI is InChI=1S/C23H28N2O6/c1-5-29-18-8-7-17(12-21(18)28-4)25-23(27)22(26)24-13-16-11-20-15(9-14(3)31-20)10-19(16)30-6-2/h7-8,10-12,14H,5-6,9,13H2,1-4H3,(H,24,26)(H,25,27). The molecule has 2 aromatic carbocycles. The van der Waals surface area contributed by atoms with Crippen LogP contribution in [-0.2, 0) is 22.6 Å². The minimum atomic E-state index is -0.782. The highest BCUT2D eigenvalue weighted by Crippen LogP contribution is 2.35. The van der Waals surface area contributed by atoms with Crippen LogP contribution in [0.15, 0.2) is 30.3 Å². The van der Waals surface area contributed by atoms with E-state index in [4.69, 9.17) is 18.9 Å². The van der Waals surface area contributed by atoms with Gasteiger partial charge in [-0.2, -0.15) is 0 Å². The van der Waals surface area contributed by atoms with Crippen LogP contribution in [0.4, 0.5) is 5.69 Å². The Hall–Kier alpha value is -3.42. The normalized spacial score (nSPS) is 14.3. The predicted octanol–water partition coefficient (Wildman–Crippen LogP) is 3.07. The molecular weight excluding hydrogens is 400 g/mol. The molecule has 0 spiro atoms. The quantitative estimate of drug-likeness (QED) is 0.628. The molecule has 0 bridgehead atoms. The Kier molecular flexibility index (Phi) is 7.23. The molecule has 3 rings (SSSR count). The molecule has 1 heterocycles. The molecule has 1 atom stereocenters. The Morgan fingerprint density at radius 1 is 1.03 bits per heavy atom. The van der Waals surface area contributed by atoms with Gasteiger partial charge in [0.25, 0.3) is 0 Å². The number of hydrogen-bond acceptors (Lipinski definition) is 6. The zero-order valence-corrected chi connectivity index (χ0v) is 18.2. The van der Waals surface area contributed by atoms with Crippen molar-refractivity contribution in [2.75, 3.05) is 25.6 Å². The summed E-state index contributed by atoms with van der Waals surface area (Å²) >= 11 is 0. The van der Waals surface area contributed by atoms with Crippen LogP contribution in [-0.4, -0.2) is 38.2 Å². The average molecular weight is 428 g/mol. The summed E-state index contributed by atoms with van der Waals surface area (Å²) in [5.74, 6) is 0.945. The lowest BCUT2D eigenvalue weighted by Crippen LogP contribution is -2.35. The van der Waals surface area contributed by atoms with Gasteiger partial charge in [0.05, 0.1) is 20.3 Å². The Bertz CT molecular complexity index is 959. The van der Waals surface area contributed by atoms with Gasteiger partial charge in [0.15, 0.2) is 11.5 Å². The Labute approximate surface area is 181 Å². The molecule has 0 aliphatic carbocycles. The van der Waals surface area contributed by atoms with Crippen LogP contribution in [0.3, 0.4) is 0 Å². The fraction of sp³-hybridized carbons (Fsp3) is 0.391. The van der Waals surface area contributed by atoms with E-state index < -0.39 is 11.8 Å². The molecule has 8 nitrogen and oxygen atoms in total. The van der Waals surface area contributed by atoms with E-state index in [2.05, 4.69) is 10.6 Å². The van der Waals surface area contributed by atoms with Crippen molar-refractivity contribution in [2.45, 2.75) is 39.8 Å². The Morgan fingerprint density at radius 2 is 1.77 bits per heavy atom. The molecule has 1 unspecified atom stereocenters. The third-order valence-electron chi connectivity index (χ3n) is 4.75. The second kappa shape index (κ2) is 10.1. The van der Waals surface area contributed by atoms with E-state index in [1.165, 1.54) is 7.11 Å². The molecular formula is C23H28N2O6. The summed E-state index contributed by atoms with van der Waals surface area (Å²) in [6.07, 6.45) is 0.918. The first kappa shape index (κ1) is 22.3. The highest BCUT2D eigenvalue weighted by atomic mass is 16.5. The third kappa shape index (κ3) is 5.39. The van der Waals surface area contributed by atoms with Crippen LogP contribution >= 0.6 is 0 Å². The van der Waals surface area contributed by atoms with E-state index in [0.717, 1.165) is 23.3 Å². The molecule has 1 aliphatic rings. The number of anilines is 1. The number of hydrogen-bond donors (Lipinski definition) is 2. The maximum atomic E-state index is 12.3. The molecule has 166 valence electrons. The second-order valence-electron chi connectivity index (χ2n) is 7.07. The summed E-state index contributed by atoms with van der Waals surface area (Å²) in [5, 5.41) is 5.20. The minimum absolute atomic E-state index is 0.103. The smallest absolute Gasteiger partial charge is 0.313 e. The number of amides is 2. The summed E-state index contributed by atoms with van der Waals surface area (Å²) < 4.78 is 22.2. The van der Waals surface area contributed by atoms with Gasteiger partial charge in [0.1, 0.15) is 17.6 Å². The van der Waals surface area contributed by atoms with Crippen molar-refractivity contribution in [1.82, 2.24) is 5.32 Å². The Morgan fingerprint density at radius 3 is 2.48 bits per heavy atom. The van der Waals surface area contributed by atoms with Gasteiger partial charge in [-0.15, -0.1) is 0 Å². The van der Waals surface area contributed by atoms with Crippen molar-refractivity contribution in [3.05, 3.63) is 41.5 Å². The van der Waals surface area contributed by atoms with E-state index in [1.54, 1.807) is 18.2 Å². The molecule has 8 heteroatoms. The number of carbonyl (C=O) groups excluding carboxylic acids is 2. The molecule has 0 aromatic heterocycles. The molecule has 0 fully saturated rings. The molecule has 1 aliphatic heterocycles. The number of nitrogens with one attached hydrogen (secondary N) is 2. The van der Waals surface area contributed by atoms with Crippen LogP contribution in [0.25, 0.3) is 0 Å². The van der Waals surface area contributed by atoms with Crippen LogP contribution in [0.1, 0.15) is 31.9 Å². The molecule has 2 aromatic rings. The average Bonchev–Trinajstić information content (AvgIpc) is 3.11. The van der Waals surface area contributed by atoms with E-state index in [1.807, 2.05) is 32.9 Å². The van der Waals surface area contributed by atoms with Crippen molar-refractivity contribution in [2.24, 2.45) is 0 Å². The topological polar surface area (TPSA) is 95.1 Å². The SMILES string of the molecule is CCOc1cc2c(cc1CNC(=O)C(=O)Nc1ccc(OCC)c(OC)c1)OC(C)C2. The lowest BCUT2D eigenvalue weighted by Gasteiger charge is -2.14. The maximum Gasteiger partial charge on any atom is 0.313 e. The number of rotatable bonds is 8. The lowest BCUT2D eigenvalue weighted by molar-refractivity contribution is -0.136. The molecule has 0 saturated heterocycles. The second-order valence-corrected chi connectivity index (χ2v) is 7.07. The van der Waals surface area contributed by atoms with Crippen molar-refractivity contribution < 1.29 is 28.5 Å². The van der Waals surface area contributed by atoms with Gasteiger partial charge in [-0.25, -0.2) is 0 Å². The van der Waals surface area contributed by atoms with Gasteiger partial charge in [0.2, 0.25) is 0 Å². The van der Waals surface area contributed by atoms with E-state index >= 15 is 0 Å². The van der Waals surface area contributed by atoms with Crippen LogP contribution < -0.4 is 29.6 Å². The maximum absolute atomic E-state index is 12.3. The van der Waals surface area contributed by atoms with Gasteiger partial charge in [-0.1, -0.05) is 0 Å². The highest BCUT2D eigenvalue weighted by molar-refractivity contribution is 6.39. The zero-order valence-electron chi connectivity index (χ0n) is 18.2.